The maximum absolute atomic E-state index is 11.4. The molecule has 0 aliphatic rings. The number of methoxy groups -OCH3 is 1. The Morgan fingerprint density at radius 2 is 1.88 bits per heavy atom. The monoisotopic (exact) mass is 320 g/mol. The Morgan fingerprint density at radius 1 is 1.12 bits per heavy atom. The number of carbonyl (C=O) groups excluding carboxylic acids is 1. The van der Waals surface area contributed by atoms with E-state index < -0.39 is 5.97 Å². The third kappa shape index (κ3) is 3.67. The van der Waals surface area contributed by atoms with Crippen LogP contribution in [0.1, 0.15) is 16.1 Å². The van der Waals surface area contributed by atoms with Gasteiger partial charge in [-0.2, -0.15) is 10.2 Å². The number of carbonyl (C=O) groups is 1. The Hall–Kier alpha value is -3.41. The first kappa shape index (κ1) is 15.5. The van der Waals surface area contributed by atoms with Crippen molar-refractivity contribution in [2.75, 3.05) is 12.5 Å². The number of anilines is 1. The normalized spacial score (nSPS) is 10.7. The second-order valence-electron chi connectivity index (χ2n) is 4.96. The average Bonchev–Trinajstić information content (AvgIpc) is 3.13. The molecule has 0 unspecified atom stereocenters. The fraction of sp³-hybridized carbons (Fsp3) is 0.0556. The van der Waals surface area contributed by atoms with Crippen molar-refractivity contribution in [2.24, 2.45) is 5.10 Å². The Kier molecular flexibility index (Phi) is 4.67. The molecule has 6 heteroatoms. The van der Waals surface area contributed by atoms with Crippen LogP contribution in [0.2, 0.25) is 0 Å². The minimum Gasteiger partial charge on any atom is -0.464 e. The standard InChI is InChI=1S/C18H16N4O2/c1-24-18(23)17-11-12-22(21-17)16-9-7-14(8-10-16)13-19-20-15-5-3-2-4-6-15/h2-13,20H,1H3. The van der Waals surface area contributed by atoms with E-state index in [0.717, 1.165) is 16.9 Å². The average molecular weight is 320 g/mol. The number of hydrogen-bond acceptors (Lipinski definition) is 5. The molecule has 0 saturated carbocycles. The number of nitrogens with zero attached hydrogens (tertiary/aromatic N) is 3. The molecule has 1 N–H and O–H groups in total. The Labute approximate surface area is 139 Å². The van der Waals surface area contributed by atoms with Gasteiger partial charge in [0.2, 0.25) is 0 Å². The highest BCUT2D eigenvalue weighted by Gasteiger charge is 2.09. The summed E-state index contributed by atoms with van der Waals surface area (Å²) < 4.78 is 6.27. The lowest BCUT2D eigenvalue weighted by molar-refractivity contribution is 0.0593. The maximum Gasteiger partial charge on any atom is 0.358 e. The zero-order valence-corrected chi connectivity index (χ0v) is 13.1. The summed E-state index contributed by atoms with van der Waals surface area (Å²) in [7, 11) is 1.33. The Morgan fingerprint density at radius 3 is 2.58 bits per heavy atom. The molecular weight excluding hydrogens is 304 g/mol. The zero-order valence-electron chi connectivity index (χ0n) is 13.1. The van der Waals surface area contributed by atoms with Crippen LogP contribution in [0.25, 0.3) is 5.69 Å². The molecule has 0 aliphatic carbocycles. The fourth-order valence-electron chi connectivity index (χ4n) is 2.09. The summed E-state index contributed by atoms with van der Waals surface area (Å²) in [6.45, 7) is 0. The summed E-state index contributed by atoms with van der Waals surface area (Å²) >= 11 is 0. The van der Waals surface area contributed by atoms with Crippen molar-refractivity contribution >= 4 is 17.9 Å². The van der Waals surface area contributed by atoms with Crippen molar-refractivity contribution in [3.8, 4) is 5.69 Å². The number of ether oxygens (including phenoxy) is 1. The Bertz CT molecular complexity index is 839. The molecule has 1 heterocycles. The van der Waals surface area contributed by atoms with Gasteiger partial charge >= 0.3 is 5.97 Å². The fourth-order valence-corrected chi connectivity index (χ4v) is 2.09. The molecule has 24 heavy (non-hydrogen) atoms. The van der Waals surface area contributed by atoms with Crippen LogP contribution >= 0.6 is 0 Å². The van der Waals surface area contributed by atoms with Gasteiger partial charge in [0.1, 0.15) is 0 Å². The number of esters is 1. The minimum absolute atomic E-state index is 0.273. The lowest BCUT2D eigenvalue weighted by atomic mass is 10.2. The predicted octanol–water partition coefficient (Wildman–Crippen LogP) is 3.10. The van der Waals surface area contributed by atoms with E-state index in [1.54, 1.807) is 23.2 Å². The highest BCUT2D eigenvalue weighted by molar-refractivity contribution is 5.87. The molecule has 6 nitrogen and oxygen atoms in total. The van der Waals surface area contributed by atoms with Gasteiger partial charge in [-0.1, -0.05) is 30.3 Å². The third-order valence-corrected chi connectivity index (χ3v) is 3.32. The van der Waals surface area contributed by atoms with Crippen molar-refractivity contribution in [3.63, 3.8) is 0 Å². The van der Waals surface area contributed by atoms with Crippen LogP contribution < -0.4 is 5.43 Å². The number of rotatable bonds is 5. The molecule has 0 saturated heterocycles. The number of hydrazone groups is 1. The van der Waals surface area contributed by atoms with Crippen molar-refractivity contribution < 1.29 is 9.53 Å². The maximum atomic E-state index is 11.4. The van der Waals surface area contributed by atoms with Gasteiger partial charge in [-0.25, -0.2) is 9.48 Å². The van der Waals surface area contributed by atoms with Crippen molar-refractivity contribution in [1.29, 1.82) is 0 Å². The van der Waals surface area contributed by atoms with Gasteiger partial charge in [-0.05, 0) is 35.9 Å². The van der Waals surface area contributed by atoms with E-state index in [0.29, 0.717) is 0 Å². The summed E-state index contributed by atoms with van der Waals surface area (Å²) in [6.07, 6.45) is 3.45. The molecule has 0 atom stereocenters. The molecule has 0 amide bonds. The smallest absolute Gasteiger partial charge is 0.358 e. The first-order valence-corrected chi connectivity index (χ1v) is 7.35. The molecule has 0 spiro atoms. The van der Waals surface area contributed by atoms with Crippen molar-refractivity contribution in [3.05, 3.63) is 78.1 Å². The molecule has 1 aromatic heterocycles. The minimum atomic E-state index is -0.454. The molecule has 3 aromatic rings. The summed E-state index contributed by atoms with van der Waals surface area (Å²) in [5.74, 6) is -0.454. The molecular formula is C18H16N4O2. The zero-order chi connectivity index (χ0) is 16.8. The molecule has 2 aromatic carbocycles. The van der Waals surface area contributed by atoms with E-state index in [1.165, 1.54) is 7.11 Å². The summed E-state index contributed by atoms with van der Waals surface area (Å²) in [6, 6.07) is 19.0. The molecule has 0 radical (unpaired) electrons. The van der Waals surface area contributed by atoms with Gasteiger partial charge in [0, 0.05) is 6.20 Å². The van der Waals surface area contributed by atoms with Gasteiger partial charge < -0.3 is 4.74 Å². The lowest BCUT2D eigenvalue weighted by Crippen LogP contribution is -2.04. The molecule has 0 bridgehead atoms. The van der Waals surface area contributed by atoms with Gasteiger partial charge in [-0.3, -0.25) is 5.43 Å². The van der Waals surface area contributed by atoms with E-state index in [9.17, 15) is 4.79 Å². The lowest BCUT2D eigenvalue weighted by Gasteiger charge is -2.02. The summed E-state index contributed by atoms with van der Waals surface area (Å²) in [5, 5.41) is 8.37. The highest BCUT2D eigenvalue weighted by atomic mass is 16.5. The van der Waals surface area contributed by atoms with Crippen LogP contribution in [0.4, 0.5) is 5.69 Å². The van der Waals surface area contributed by atoms with Gasteiger partial charge in [0.05, 0.1) is 24.7 Å². The number of nitrogens with one attached hydrogen (secondary N) is 1. The molecule has 3 rings (SSSR count). The second-order valence-corrected chi connectivity index (χ2v) is 4.96. The van der Waals surface area contributed by atoms with Crippen LogP contribution in [-0.4, -0.2) is 29.1 Å². The van der Waals surface area contributed by atoms with Crippen LogP contribution in [-0.2, 0) is 4.74 Å². The van der Waals surface area contributed by atoms with E-state index in [1.807, 2.05) is 54.6 Å². The van der Waals surface area contributed by atoms with Gasteiger partial charge in [0.15, 0.2) is 5.69 Å². The third-order valence-electron chi connectivity index (χ3n) is 3.32. The van der Waals surface area contributed by atoms with Gasteiger partial charge in [-0.15, -0.1) is 0 Å². The number of benzene rings is 2. The van der Waals surface area contributed by atoms with E-state index in [-0.39, 0.29) is 5.69 Å². The largest absolute Gasteiger partial charge is 0.464 e. The number of para-hydroxylation sites is 1. The van der Waals surface area contributed by atoms with Crippen LogP contribution in [0, 0.1) is 0 Å². The predicted molar refractivity (Wildman–Crippen MR) is 92.6 cm³/mol. The van der Waals surface area contributed by atoms with E-state index in [4.69, 9.17) is 0 Å². The van der Waals surface area contributed by atoms with Gasteiger partial charge in [0.25, 0.3) is 0 Å². The summed E-state index contributed by atoms with van der Waals surface area (Å²) in [4.78, 5) is 11.4. The number of aromatic nitrogens is 2. The SMILES string of the molecule is COC(=O)c1ccn(-c2ccc(C=NNc3ccccc3)cc2)n1. The van der Waals surface area contributed by atoms with Crippen molar-refractivity contribution in [2.45, 2.75) is 0 Å². The summed E-state index contributed by atoms with van der Waals surface area (Å²) in [5.41, 5.74) is 5.96. The molecule has 120 valence electrons. The van der Waals surface area contributed by atoms with Crippen molar-refractivity contribution in [1.82, 2.24) is 9.78 Å². The quantitative estimate of drug-likeness (QED) is 0.445. The Balaban J connectivity index is 1.67. The van der Waals surface area contributed by atoms with Crippen LogP contribution in [0.15, 0.2) is 72.0 Å². The molecule has 0 fully saturated rings. The van der Waals surface area contributed by atoms with E-state index >= 15 is 0 Å². The molecule has 0 aliphatic heterocycles. The van der Waals surface area contributed by atoms with E-state index in [2.05, 4.69) is 20.4 Å². The second kappa shape index (κ2) is 7.23. The topological polar surface area (TPSA) is 68.5 Å². The van der Waals surface area contributed by atoms with Crippen LogP contribution in [0.3, 0.4) is 0 Å². The number of hydrogen-bond donors (Lipinski definition) is 1. The highest BCUT2D eigenvalue weighted by Crippen LogP contribution is 2.10. The van der Waals surface area contributed by atoms with Crippen LogP contribution in [0.5, 0.6) is 0 Å². The first-order valence-electron chi connectivity index (χ1n) is 7.35. The first-order chi connectivity index (χ1) is 11.8.